The van der Waals surface area contributed by atoms with E-state index in [0.717, 1.165) is 35.3 Å². The summed E-state index contributed by atoms with van der Waals surface area (Å²) in [5, 5.41) is 20.5. The molecule has 3 rings (SSSR count). The number of ether oxygens (including phenoxy) is 2. The summed E-state index contributed by atoms with van der Waals surface area (Å²) in [5.74, 6) is 1.46. The van der Waals surface area contributed by atoms with Crippen molar-refractivity contribution in [2.24, 2.45) is 0 Å². The summed E-state index contributed by atoms with van der Waals surface area (Å²) in [6.07, 6.45) is 8.60. The van der Waals surface area contributed by atoms with Crippen LogP contribution in [-0.2, 0) is 6.42 Å². The second-order valence-electron chi connectivity index (χ2n) is 6.73. The minimum absolute atomic E-state index is 0.159. The van der Waals surface area contributed by atoms with Crippen LogP contribution < -0.4 is 9.47 Å². The first-order valence-corrected chi connectivity index (χ1v) is 10.4. The van der Waals surface area contributed by atoms with Gasteiger partial charge in [-0.1, -0.05) is 63.4 Å². The molecule has 1 aromatic heterocycles. The highest BCUT2D eigenvalue weighted by atomic mass is 16.5. The minimum atomic E-state index is 0.159. The number of hydrogen-bond acceptors (Lipinski definition) is 6. The summed E-state index contributed by atoms with van der Waals surface area (Å²) in [5.41, 5.74) is 2.83. The van der Waals surface area contributed by atoms with Crippen molar-refractivity contribution in [3.63, 3.8) is 0 Å². The highest BCUT2D eigenvalue weighted by molar-refractivity contribution is 5.81. The largest absolute Gasteiger partial charge is 0.504 e. The lowest BCUT2D eigenvalue weighted by Crippen LogP contribution is -2.03. The molecule has 3 aromatic rings. The minimum Gasteiger partial charge on any atom is -0.504 e. The summed E-state index contributed by atoms with van der Waals surface area (Å²) >= 11 is 0. The van der Waals surface area contributed by atoms with Crippen LogP contribution in [0.3, 0.4) is 0 Å². The van der Waals surface area contributed by atoms with Crippen LogP contribution in [0.2, 0.25) is 0 Å². The van der Waals surface area contributed by atoms with E-state index in [4.69, 9.17) is 9.47 Å². The Bertz CT molecular complexity index is 832. The van der Waals surface area contributed by atoms with E-state index in [1.54, 1.807) is 31.6 Å². The van der Waals surface area contributed by atoms with E-state index in [2.05, 4.69) is 29.3 Å². The van der Waals surface area contributed by atoms with Crippen LogP contribution in [0, 0.1) is 0 Å². The first-order valence-electron chi connectivity index (χ1n) is 10.4. The van der Waals surface area contributed by atoms with Crippen LogP contribution in [0.4, 0.5) is 0 Å². The summed E-state index contributed by atoms with van der Waals surface area (Å²) in [4.78, 5) is 0. The highest BCUT2D eigenvalue weighted by Crippen LogP contribution is 2.46. The Labute approximate surface area is 178 Å². The quantitative estimate of drug-likeness (QED) is 0.473. The average Bonchev–Trinajstić information content (AvgIpc) is 2.81. The van der Waals surface area contributed by atoms with Gasteiger partial charge in [-0.05, 0) is 41.3 Å². The molecule has 0 bridgehead atoms. The molecule has 0 unspecified atom stereocenters. The number of benzene rings is 2. The second kappa shape index (κ2) is 13.1. The van der Waals surface area contributed by atoms with Crippen molar-refractivity contribution in [3.05, 3.63) is 60.4 Å². The van der Waals surface area contributed by atoms with E-state index in [1.807, 2.05) is 30.3 Å². The van der Waals surface area contributed by atoms with Crippen LogP contribution in [-0.4, -0.2) is 34.2 Å². The number of phenols is 1. The number of unbranched alkanes of at least 4 members (excludes halogenated alkanes) is 3. The molecular formula is C24H31N3O3. The van der Waals surface area contributed by atoms with Gasteiger partial charge in [-0.15, -0.1) is 10.2 Å². The maximum Gasteiger partial charge on any atom is 0.172 e. The summed E-state index contributed by atoms with van der Waals surface area (Å²) in [6.45, 7) is 4.95. The van der Waals surface area contributed by atoms with E-state index >= 15 is 0 Å². The fourth-order valence-corrected chi connectivity index (χ4v) is 3.10. The molecule has 0 fully saturated rings. The Balaban J connectivity index is 0.000000456. The lowest BCUT2D eigenvalue weighted by Gasteiger charge is -2.19. The van der Waals surface area contributed by atoms with E-state index in [0.29, 0.717) is 12.4 Å². The molecule has 0 amide bonds. The third-order valence-electron chi connectivity index (χ3n) is 4.59. The maximum absolute atomic E-state index is 10.4. The van der Waals surface area contributed by atoms with Crippen LogP contribution in [0.15, 0.2) is 54.9 Å². The second-order valence-corrected chi connectivity index (χ2v) is 6.73. The Kier molecular flexibility index (Phi) is 10.1. The monoisotopic (exact) mass is 409 g/mol. The number of aromatic hydroxyl groups is 1. The lowest BCUT2D eigenvalue weighted by atomic mass is 9.98. The Hall–Kier alpha value is -3.15. The van der Waals surface area contributed by atoms with E-state index in [-0.39, 0.29) is 5.75 Å². The topological polar surface area (TPSA) is 77.4 Å². The molecule has 0 atom stereocenters. The molecule has 0 radical (unpaired) electrons. The van der Waals surface area contributed by atoms with Gasteiger partial charge in [-0.2, -0.15) is 0 Å². The van der Waals surface area contributed by atoms with Crippen molar-refractivity contribution in [2.75, 3.05) is 13.7 Å². The molecule has 2 aromatic carbocycles. The number of hydrogen-bond donors (Lipinski definition) is 1. The zero-order valence-electron chi connectivity index (χ0n) is 18.0. The predicted octanol–water partition coefficient (Wildman–Crippen LogP) is 5.46. The molecule has 6 nitrogen and oxygen atoms in total. The van der Waals surface area contributed by atoms with Crippen molar-refractivity contribution in [1.82, 2.24) is 15.4 Å². The van der Waals surface area contributed by atoms with Crippen LogP contribution in [0.1, 0.15) is 45.1 Å². The molecule has 1 heterocycles. The maximum atomic E-state index is 10.4. The molecule has 0 saturated heterocycles. The SMILES string of the molecule is CCCCCCOc1c(CC)cc(O)c(OC)c1-c1ccccc1.c1cnnnc1. The van der Waals surface area contributed by atoms with Crippen molar-refractivity contribution >= 4 is 0 Å². The third-order valence-corrected chi connectivity index (χ3v) is 4.59. The Morgan fingerprint density at radius 3 is 2.17 bits per heavy atom. The van der Waals surface area contributed by atoms with Gasteiger partial charge in [0.1, 0.15) is 5.75 Å². The zero-order valence-corrected chi connectivity index (χ0v) is 18.0. The van der Waals surface area contributed by atoms with Gasteiger partial charge in [0.15, 0.2) is 11.5 Å². The third kappa shape index (κ3) is 6.72. The lowest BCUT2D eigenvalue weighted by molar-refractivity contribution is 0.299. The number of aromatic nitrogens is 3. The molecule has 0 aliphatic rings. The van der Waals surface area contributed by atoms with Gasteiger partial charge in [0, 0.05) is 0 Å². The smallest absolute Gasteiger partial charge is 0.172 e. The molecular weight excluding hydrogens is 378 g/mol. The zero-order chi connectivity index (χ0) is 21.6. The molecule has 1 N–H and O–H groups in total. The molecule has 160 valence electrons. The molecule has 30 heavy (non-hydrogen) atoms. The fraction of sp³-hybridized carbons (Fsp3) is 0.375. The van der Waals surface area contributed by atoms with E-state index in [9.17, 15) is 5.11 Å². The fourth-order valence-electron chi connectivity index (χ4n) is 3.10. The highest BCUT2D eigenvalue weighted by Gasteiger charge is 2.20. The van der Waals surface area contributed by atoms with Gasteiger partial charge < -0.3 is 14.6 Å². The Morgan fingerprint density at radius 2 is 1.63 bits per heavy atom. The number of nitrogens with zero attached hydrogens (tertiary/aromatic N) is 3. The molecule has 0 spiro atoms. The molecule has 6 heteroatoms. The van der Waals surface area contributed by atoms with Gasteiger partial charge in [-0.25, -0.2) is 0 Å². The van der Waals surface area contributed by atoms with Gasteiger partial charge in [0.25, 0.3) is 0 Å². The summed E-state index contributed by atoms with van der Waals surface area (Å²) in [7, 11) is 1.58. The first-order chi connectivity index (χ1) is 14.7. The van der Waals surface area contributed by atoms with E-state index < -0.39 is 0 Å². The van der Waals surface area contributed by atoms with Crippen LogP contribution in [0.25, 0.3) is 11.1 Å². The Morgan fingerprint density at radius 1 is 0.900 bits per heavy atom. The molecule has 0 aliphatic carbocycles. The number of phenolic OH excluding ortho intramolecular Hbond substituents is 1. The van der Waals surface area contributed by atoms with Crippen molar-refractivity contribution in [2.45, 2.75) is 46.0 Å². The number of rotatable bonds is 9. The van der Waals surface area contributed by atoms with Crippen LogP contribution in [0.5, 0.6) is 17.2 Å². The normalized spacial score (nSPS) is 10.1. The summed E-state index contributed by atoms with van der Waals surface area (Å²) < 4.78 is 11.7. The van der Waals surface area contributed by atoms with Gasteiger partial charge >= 0.3 is 0 Å². The first kappa shape index (κ1) is 23.1. The van der Waals surface area contributed by atoms with Crippen LogP contribution >= 0.6 is 0 Å². The standard InChI is InChI=1S/C21H28O3.C3H3N3/c1-4-6-7-11-14-24-20-16(5-2)15-18(22)21(23-3)19(20)17-12-9-8-10-13-17;1-2-4-6-5-3-1/h8-10,12-13,15,22H,4-7,11,14H2,1-3H3;1-3H. The molecule has 0 aliphatic heterocycles. The number of aryl methyl sites for hydroxylation is 1. The average molecular weight is 410 g/mol. The van der Waals surface area contributed by atoms with E-state index in [1.165, 1.54) is 19.3 Å². The van der Waals surface area contributed by atoms with Gasteiger partial charge in [-0.3, -0.25) is 0 Å². The van der Waals surface area contributed by atoms with Crippen molar-refractivity contribution < 1.29 is 14.6 Å². The van der Waals surface area contributed by atoms with Crippen molar-refractivity contribution in [3.8, 4) is 28.4 Å². The van der Waals surface area contributed by atoms with Gasteiger partial charge in [0.05, 0.1) is 31.7 Å². The van der Waals surface area contributed by atoms with Gasteiger partial charge in [0.2, 0.25) is 0 Å². The summed E-state index contributed by atoms with van der Waals surface area (Å²) in [6, 6.07) is 13.4. The molecule has 0 saturated carbocycles. The predicted molar refractivity (Wildman–Crippen MR) is 119 cm³/mol. The number of methoxy groups -OCH3 is 1. The van der Waals surface area contributed by atoms with Crippen molar-refractivity contribution in [1.29, 1.82) is 0 Å².